The summed E-state index contributed by atoms with van der Waals surface area (Å²) >= 11 is 1.45. The largest absolute Gasteiger partial charge is 1.00 e. The van der Waals surface area contributed by atoms with Gasteiger partial charge in [0.15, 0.2) is 0 Å². The molecule has 0 nitrogen and oxygen atoms in total. The summed E-state index contributed by atoms with van der Waals surface area (Å²) in [6, 6.07) is 21.6. The van der Waals surface area contributed by atoms with Crippen molar-refractivity contribution in [3.8, 4) is 11.1 Å². The van der Waals surface area contributed by atoms with E-state index in [2.05, 4.69) is 123 Å². The predicted molar refractivity (Wildman–Crippen MR) is 140 cm³/mol. The van der Waals surface area contributed by atoms with E-state index in [1.807, 2.05) is 0 Å². The monoisotopic (exact) mass is 678 g/mol. The molecule has 1 aliphatic carbocycles. The Bertz CT molecular complexity index is 1000. The molecule has 184 valence electrons. The van der Waals surface area contributed by atoms with E-state index in [9.17, 15) is 0 Å². The molecule has 0 aliphatic heterocycles. The molecule has 0 atom stereocenters. The Balaban J connectivity index is 0.000000702. The number of hydrogen-bond acceptors (Lipinski definition) is 0. The Morgan fingerprint density at radius 2 is 1.29 bits per heavy atom. The maximum atomic E-state index is 3.67. The molecule has 0 amide bonds. The normalized spacial score (nSPS) is 11.4. The first-order valence-electron chi connectivity index (χ1n) is 11.6. The molecule has 0 heterocycles. The second-order valence-corrected chi connectivity index (χ2v) is 24.1. The first-order valence-corrected chi connectivity index (χ1v) is 19.5. The van der Waals surface area contributed by atoms with E-state index < -0.39 is 0 Å². The fourth-order valence-electron chi connectivity index (χ4n) is 3.75. The van der Waals surface area contributed by atoms with Gasteiger partial charge in [-0.05, 0) is 28.4 Å². The van der Waals surface area contributed by atoms with Crippen LogP contribution in [0.2, 0.25) is 13.1 Å². The van der Waals surface area contributed by atoms with Crippen LogP contribution in [0.5, 0.6) is 0 Å². The molecule has 0 bridgehead atoms. The van der Waals surface area contributed by atoms with Gasteiger partial charge in [0, 0.05) is 0 Å². The zero-order valence-electron chi connectivity index (χ0n) is 22.6. The van der Waals surface area contributed by atoms with Crippen LogP contribution in [0.4, 0.5) is 0 Å². The van der Waals surface area contributed by atoms with E-state index in [4.69, 9.17) is 0 Å². The van der Waals surface area contributed by atoms with Crippen molar-refractivity contribution in [1.82, 2.24) is 0 Å². The number of aryl methyl sites for hydroxylation is 2. The van der Waals surface area contributed by atoms with E-state index in [0.717, 1.165) is 6.42 Å². The van der Waals surface area contributed by atoms with Gasteiger partial charge in [-0.1, -0.05) is 79.2 Å². The molecule has 0 fully saturated rings. The van der Waals surface area contributed by atoms with Gasteiger partial charge in [0.05, 0.1) is 0 Å². The fraction of sp³-hybridized carbons (Fsp3) is 0.433. The van der Waals surface area contributed by atoms with Crippen LogP contribution < -0.4 is 24.8 Å². The minimum atomic E-state index is 0. The minimum Gasteiger partial charge on any atom is -1.00 e. The van der Waals surface area contributed by atoms with Crippen LogP contribution in [0.25, 0.3) is 11.1 Å². The fourth-order valence-corrected chi connectivity index (χ4v) is 3.75. The summed E-state index contributed by atoms with van der Waals surface area (Å²) in [6.07, 6.45) is 1.03. The SMILES string of the molecule is CC(C)(C)c1[c-]c2c(cc1)-c1ccc(C(C)(C)C)cc1C2.C[Si](C)=[Hf+2].Cc1ccc(C)[cH-]1.[Cl-].[Cl-]. The average molecular weight is 678 g/mol. The third-order valence-corrected chi connectivity index (χ3v) is 5.53. The zero-order chi connectivity index (χ0) is 24.3. The molecule has 0 radical (unpaired) electrons. The summed E-state index contributed by atoms with van der Waals surface area (Å²) in [7, 11) is 0. The molecule has 0 unspecified atom stereocenters. The Morgan fingerprint density at radius 3 is 1.71 bits per heavy atom. The quantitative estimate of drug-likeness (QED) is 0.198. The van der Waals surface area contributed by atoms with Gasteiger partial charge in [0.25, 0.3) is 0 Å². The van der Waals surface area contributed by atoms with E-state index in [-0.39, 0.29) is 41.1 Å². The molecule has 4 heteroatoms. The van der Waals surface area contributed by atoms with Crippen molar-refractivity contribution in [2.75, 3.05) is 0 Å². The van der Waals surface area contributed by atoms with Crippen molar-refractivity contribution < 1.29 is 47.8 Å². The molecular formula is C30H40Cl2HfSi-2. The summed E-state index contributed by atoms with van der Waals surface area (Å²) < 4.78 is 0. The average Bonchev–Trinajstić information content (AvgIpc) is 3.21. The molecular weight excluding hydrogens is 638 g/mol. The Morgan fingerprint density at radius 1 is 0.794 bits per heavy atom. The molecule has 1 aliphatic rings. The van der Waals surface area contributed by atoms with Crippen LogP contribution in [0.15, 0.2) is 48.5 Å². The van der Waals surface area contributed by atoms with Gasteiger partial charge in [-0.3, -0.25) is 0 Å². The Kier molecular flexibility index (Phi) is 13.5. The molecule has 0 aromatic heterocycles. The van der Waals surface area contributed by atoms with E-state index in [1.54, 1.807) is 0 Å². The van der Waals surface area contributed by atoms with Gasteiger partial charge < -0.3 is 24.8 Å². The Hall–Kier alpha value is -0.543. The summed E-state index contributed by atoms with van der Waals surface area (Å²) in [5, 5.41) is 0. The van der Waals surface area contributed by atoms with Crippen molar-refractivity contribution in [3.05, 3.63) is 88.0 Å². The standard InChI is InChI=1S/C21H25.C7H9.C2H6Si.2ClH.Hf/c1-20(2,3)16-7-9-18-14(12-16)11-15-13-17(21(4,5)6)8-10-19(15)18;1-6-3-4-7(2)5-6;1-3-2;;;/h7-10,12H,11H2,1-6H3;3-5H,1-2H3;1-2H3;2*1H;/q2*-1;;;;+2/p-2. The minimum absolute atomic E-state index is 0. The van der Waals surface area contributed by atoms with Crippen LogP contribution in [-0.2, 0) is 40.3 Å². The van der Waals surface area contributed by atoms with Crippen LogP contribution in [0.3, 0.4) is 0 Å². The summed E-state index contributed by atoms with van der Waals surface area (Å²) in [5.74, 6) is 0. The maximum Gasteiger partial charge on any atom is -0.0635 e. The maximum absolute atomic E-state index is 3.67. The third kappa shape index (κ3) is 9.84. The second kappa shape index (κ2) is 13.7. The molecule has 0 saturated carbocycles. The molecule has 0 spiro atoms. The smallest absolute Gasteiger partial charge is 0.0635 e. The van der Waals surface area contributed by atoms with Crippen molar-refractivity contribution in [1.29, 1.82) is 0 Å². The van der Waals surface area contributed by atoms with Crippen LogP contribution in [0.1, 0.15) is 74.9 Å². The predicted octanol–water partition coefficient (Wildman–Crippen LogP) is 2.47. The van der Waals surface area contributed by atoms with Gasteiger partial charge in [-0.25, -0.2) is 12.1 Å². The molecule has 0 N–H and O–H groups in total. The third-order valence-electron chi connectivity index (χ3n) is 5.53. The summed E-state index contributed by atoms with van der Waals surface area (Å²) in [4.78, 5) is 0. The van der Waals surface area contributed by atoms with Crippen molar-refractivity contribution in [2.24, 2.45) is 0 Å². The second-order valence-electron chi connectivity index (χ2n) is 11.3. The van der Waals surface area contributed by atoms with E-state index in [1.165, 1.54) is 67.5 Å². The number of benzene rings is 2. The first kappa shape index (κ1) is 33.5. The molecule has 0 saturated heterocycles. The topological polar surface area (TPSA) is 0 Å². The number of hydrogen-bond donors (Lipinski definition) is 0. The molecule has 4 rings (SSSR count). The van der Waals surface area contributed by atoms with Gasteiger partial charge >= 0.3 is 41.6 Å². The van der Waals surface area contributed by atoms with Gasteiger partial charge in [0.2, 0.25) is 0 Å². The van der Waals surface area contributed by atoms with Crippen LogP contribution in [-0.4, -0.2) is 5.49 Å². The summed E-state index contributed by atoms with van der Waals surface area (Å²) in [6.45, 7) is 22.5. The molecule has 34 heavy (non-hydrogen) atoms. The van der Waals surface area contributed by atoms with Crippen LogP contribution >= 0.6 is 0 Å². The van der Waals surface area contributed by atoms with Gasteiger partial charge in [0.1, 0.15) is 0 Å². The van der Waals surface area contributed by atoms with E-state index >= 15 is 0 Å². The molecule has 3 aromatic carbocycles. The number of rotatable bonds is 0. The van der Waals surface area contributed by atoms with E-state index in [0.29, 0.717) is 0 Å². The summed E-state index contributed by atoms with van der Waals surface area (Å²) in [5.41, 5.74) is 11.7. The van der Waals surface area contributed by atoms with Gasteiger partial charge in [-0.15, -0.1) is 11.1 Å². The van der Waals surface area contributed by atoms with Crippen molar-refractivity contribution >= 4 is 5.49 Å². The van der Waals surface area contributed by atoms with Crippen molar-refractivity contribution in [3.63, 3.8) is 0 Å². The zero-order valence-corrected chi connectivity index (χ0v) is 28.7. The van der Waals surface area contributed by atoms with Crippen LogP contribution in [0, 0.1) is 19.9 Å². The van der Waals surface area contributed by atoms with Gasteiger partial charge in [-0.2, -0.15) is 41.0 Å². The van der Waals surface area contributed by atoms with Crippen molar-refractivity contribution in [2.45, 2.75) is 85.7 Å². The Labute approximate surface area is 236 Å². The molecule has 3 aromatic rings. The number of halogens is 2. The number of fused-ring (bicyclic) bond motifs is 3. The first-order chi connectivity index (χ1) is 14.7.